The number of rotatable bonds is 15. The zero-order chi connectivity index (χ0) is 39.3. The maximum absolute atomic E-state index is 12.3. The predicted molar refractivity (Wildman–Crippen MR) is 209 cm³/mol. The molecule has 6 rings (SSSR count). The van der Waals surface area contributed by atoms with Crippen molar-refractivity contribution in [2.24, 2.45) is 0 Å². The third-order valence-electron chi connectivity index (χ3n) is 8.97. The second-order valence-corrected chi connectivity index (χ2v) is 13.9. The number of carbonyl (C=O) groups is 2. The smallest absolute Gasteiger partial charge is 0.338 e. The van der Waals surface area contributed by atoms with Gasteiger partial charge < -0.3 is 53.6 Å². The molecule has 4 saturated heterocycles. The third kappa shape index (κ3) is 16.3. The van der Waals surface area contributed by atoms with E-state index >= 15 is 0 Å². The summed E-state index contributed by atoms with van der Waals surface area (Å²) in [5.74, 6) is 0.157. The van der Waals surface area contributed by atoms with Crippen LogP contribution in [0.2, 0.25) is 0 Å². The number of carbonyl (C=O) groups excluding carboxylic acids is 1. The van der Waals surface area contributed by atoms with E-state index in [2.05, 4.69) is 13.8 Å². The molecule has 4 fully saturated rings. The summed E-state index contributed by atoms with van der Waals surface area (Å²) in [5.41, 5.74) is 0.749. The van der Waals surface area contributed by atoms with Crippen LogP contribution in [0.5, 0.6) is 11.5 Å². The first kappa shape index (κ1) is 48.4. The second kappa shape index (κ2) is 27.0. The topological polar surface area (TPSA) is 180 Å². The minimum Gasteiger partial charge on any atom is -0.494 e. The normalized spacial score (nSPS) is 25.7. The summed E-state index contributed by atoms with van der Waals surface area (Å²) in [6, 6.07) is 13.5. The van der Waals surface area contributed by atoms with Gasteiger partial charge in [-0.3, -0.25) is 0 Å². The number of aromatic carboxylic acids is 1. The molecule has 55 heavy (non-hydrogen) atoms. The van der Waals surface area contributed by atoms with Crippen molar-refractivity contribution in [1.82, 2.24) is 0 Å². The van der Waals surface area contributed by atoms with Gasteiger partial charge in [0.15, 0.2) is 6.10 Å². The van der Waals surface area contributed by atoms with Gasteiger partial charge in [0.2, 0.25) is 0 Å². The van der Waals surface area contributed by atoms with Gasteiger partial charge in [-0.15, -0.1) is 23.2 Å². The molecule has 0 saturated carbocycles. The van der Waals surface area contributed by atoms with Crippen LogP contribution in [0.1, 0.15) is 93.4 Å². The molecular weight excluding hydrogens is 759 g/mol. The molecule has 8 atom stereocenters. The molecule has 0 spiro atoms. The number of fused-ring (bicyclic) bond motifs is 2. The van der Waals surface area contributed by atoms with Gasteiger partial charge in [-0.2, -0.15) is 0 Å². The zero-order valence-corrected chi connectivity index (χ0v) is 32.6. The Morgan fingerprint density at radius 1 is 0.618 bits per heavy atom. The molecule has 15 heteroatoms. The van der Waals surface area contributed by atoms with Crippen LogP contribution in [0, 0.1) is 0 Å². The predicted octanol–water partition coefficient (Wildman–Crippen LogP) is 6.24. The monoisotopic (exact) mass is 818 g/mol. The third-order valence-corrected chi connectivity index (χ3v) is 8.97. The summed E-state index contributed by atoms with van der Waals surface area (Å²) in [7, 11) is 0. The Hall–Kier alpha value is -2.72. The van der Waals surface area contributed by atoms with Crippen LogP contribution in [0.25, 0.3) is 0 Å². The average Bonchev–Trinajstić information content (AvgIpc) is 3.95. The van der Waals surface area contributed by atoms with E-state index in [1.165, 1.54) is 38.5 Å². The van der Waals surface area contributed by atoms with Crippen LogP contribution in [-0.2, 0) is 23.7 Å². The average molecular weight is 820 g/mol. The molecule has 0 aromatic heterocycles. The Labute approximate surface area is 335 Å². The van der Waals surface area contributed by atoms with Crippen LogP contribution >= 0.6 is 23.2 Å². The summed E-state index contributed by atoms with van der Waals surface area (Å²) >= 11 is 9.53. The Bertz CT molecular complexity index is 1320. The molecule has 4 heterocycles. The minimum absolute atomic E-state index is 0. The SMILES string of the molecule is C.CCCCCCOc1ccc(C(=O)O)cc1.CCCCCCOc1ccc(C(=O)O[C@@H]2CO[C@H]3[C@@H]2OC[C@@H]3O)cc1.ClCCl.O[C@H]1CO[C@H]2[C@@H]1OC[C@@H]2O. The lowest BCUT2D eigenvalue weighted by molar-refractivity contribution is -0.0209. The highest BCUT2D eigenvalue weighted by Crippen LogP contribution is 2.30. The number of halogens is 2. The van der Waals surface area contributed by atoms with Crippen molar-refractivity contribution in [3.05, 3.63) is 59.7 Å². The van der Waals surface area contributed by atoms with Crippen molar-refractivity contribution >= 4 is 35.1 Å². The van der Waals surface area contributed by atoms with E-state index < -0.39 is 42.5 Å². The van der Waals surface area contributed by atoms with E-state index in [0.717, 1.165) is 24.3 Å². The summed E-state index contributed by atoms with van der Waals surface area (Å²) < 4.78 is 37.7. The number of hydrogen-bond donors (Lipinski definition) is 4. The van der Waals surface area contributed by atoms with Crippen LogP contribution in [0.4, 0.5) is 0 Å². The van der Waals surface area contributed by atoms with Gasteiger partial charge in [0, 0.05) is 0 Å². The Balaban J connectivity index is 0.000000297. The van der Waals surface area contributed by atoms with Crippen molar-refractivity contribution < 1.29 is 63.2 Å². The lowest BCUT2D eigenvalue weighted by Crippen LogP contribution is -2.34. The number of benzene rings is 2. The fourth-order valence-electron chi connectivity index (χ4n) is 6.03. The van der Waals surface area contributed by atoms with Gasteiger partial charge in [0.1, 0.15) is 54.2 Å². The second-order valence-electron chi connectivity index (χ2n) is 13.1. The van der Waals surface area contributed by atoms with Crippen LogP contribution in [0.15, 0.2) is 48.5 Å². The van der Waals surface area contributed by atoms with E-state index in [9.17, 15) is 14.7 Å². The van der Waals surface area contributed by atoms with Crippen LogP contribution in [-0.4, -0.2) is 126 Å². The summed E-state index contributed by atoms with van der Waals surface area (Å²) in [4.78, 5) is 22.9. The highest BCUT2D eigenvalue weighted by atomic mass is 35.5. The first-order chi connectivity index (χ1) is 26.1. The first-order valence-electron chi connectivity index (χ1n) is 18.7. The van der Waals surface area contributed by atoms with E-state index in [-0.39, 0.29) is 57.5 Å². The van der Waals surface area contributed by atoms with E-state index in [1.807, 2.05) is 0 Å². The number of aliphatic hydroxyl groups excluding tert-OH is 3. The molecule has 4 aliphatic rings. The molecular formula is C40H60Cl2O13. The molecule has 0 unspecified atom stereocenters. The van der Waals surface area contributed by atoms with Crippen molar-refractivity contribution in [2.75, 3.05) is 45.0 Å². The number of alkyl halides is 2. The maximum atomic E-state index is 12.3. The zero-order valence-electron chi connectivity index (χ0n) is 31.1. The number of aliphatic hydroxyl groups is 3. The first-order valence-corrected chi connectivity index (χ1v) is 19.7. The van der Waals surface area contributed by atoms with Gasteiger partial charge in [0.25, 0.3) is 0 Å². The van der Waals surface area contributed by atoms with Gasteiger partial charge in [-0.1, -0.05) is 59.8 Å². The fourth-order valence-corrected chi connectivity index (χ4v) is 6.03. The van der Waals surface area contributed by atoms with Gasteiger partial charge in [-0.25, -0.2) is 9.59 Å². The van der Waals surface area contributed by atoms with Gasteiger partial charge in [0.05, 0.1) is 56.1 Å². The fraction of sp³-hybridized carbons (Fsp3) is 0.650. The largest absolute Gasteiger partial charge is 0.494 e. The standard InChI is InChI=1S/C19H26O6.C13H18O3.C6H10O4.CH2Cl2.CH4/c1-2-3-4-5-10-22-14-8-6-13(7-9-14)19(21)25-16-12-24-17-15(20)11-23-18(16)17;1-2-3-4-5-10-16-12-8-6-11(7-9-12)13(14)15;7-3-1-9-6-4(8)2-10-5(3)6;2-1-3;/h6-9,15-18,20H,2-5,10-12H2,1H3;6-9H,2-5,10H2,1H3,(H,14,15);3-8H,1-2H2;1H2;1H4/t15-,16+,17+,18+;;3-,4-,5+,6+;;/m0.0../s1. The van der Waals surface area contributed by atoms with Crippen molar-refractivity contribution in [3.63, 3.8) is 0 Å². The van der Waals surface area contributed by atoms with E-state index in [0.29, 0.717) is 24.3 Å². The quantitative estimate of drug-likeness (QED) is 0.0903. The molecule has 0 aliphatic carbocycles. The molecule has 4 aliphatic heterocycles. The molecule has 2 aromatic carbocycles. The Morgan fingerprint density at radius 2 is 1.00 bits per heavy atom. The number of unbranched alkanes of at least 4 members (excludes halogenated alkanes) is 6. The summed E-state index contributed by atoms with van der Waals surface area (Å²) in [6.45, 7) is 6.77. The molecule has 0 radical (unpaired) electrons. The number of hydrogen-bond acceptors (Lipinski definition) is 12. The number of carboxylic acids is 1. The van der Waals surface area contributed by atoms with Crippen molar-refractivity contribution in [1.29, 1.82) is 0 Å². The molecule has 2 aromatic rings. The van der Waals surface area contributed by atoms with Crippen LogP contribution in [0.3, 0.4) is 0 Å². The highest BCUT2D eigenvalue weighted by molar-refractivity contribution is 6.40. The lowest BCUT2D eigenvalue weighted by Gasteiger charge is -2.16. The molecule has 4 N–H and O–H groups in total. The number of ether oxygens (including phenoxy) is 7. The molecule has 0 bridgehead atoms. The minimum atomic E-state index is -0.908. The van der Waals surface area contributed by atoms with Crippen molar-refractivity contribution in [3.8, 4) is 11.5 Å². The van der Waals surface area contributed by atoms with Gasteiger partial charge >= 0.3 is 11.9 Å². The number of esters is 1. The Morgan fingerprint density at radius 3 is 1.42 bits per heavy atom. The van der Waals surface area contributed by atoms with E-state index in [4.69, 9.17) is 71.7 Å². The lowest BCUT2D eigenvalue weighted by atomic mass is 10.1. The molecule has 13 nitrogen and oxygen atoms in total. The maximum Gasteiger partial charge on any atom is 0.338 e. The molecule has 312 valence electrons. The van der Waals surface area contributed by atoms with E-state index in [1.54, 1.807) is 48.5 Å². The van der Waals surface area contributed by atoms with Crippen LogP contribution < -0.4 is 9.47 Å². The molecule has 0 amide bonds. The summed E-state index contributed by atoms with van der Waals surface area (Å²) in [5, 5.41) is 36.9. The van der Waals surface area contributed by atoms with Crippen molar-refractivity contribution in [2.45, 2.75) is 121 Å². The Kier molecular flexibility index (Phi) is 23.8. The number of carboxylic acid groups (broad SMARTS) is 1. The highest BCUT2D eigenvalue weighted by Gasteiger charge is 2.49. The summed E-state index contributed by atoms with van der Waals surface area (Å²) in [6.07, 6.45) is 5.70. The van der Waals surface area contributed by atoms with Gasteiger partial charge in [-0.05, 0) is 61.4 Å².